The minimum Gasteiger partial charge on any atom is -0.381 e. The minimum absolute atomic E-state index is 0.0115. The number of carbonyl (C=O) groups excluding carboxylic acids is 1. The minimum atomic E-state index is -0.140. The van der Waals surface area contributed by atoms with Crippen molar-refractivity contribution in [1.82, 2.24) is 5.32 Å². The van der Waals surface area contributed by atoms with E-state index in [1.54, 1.807) is 0 Å². The molecule has 0 bridgehead atoms. The van der Waals surface area contributed by atoms with Crippen LogP contribution in [0.5, 0.6) is 0 Å². The monoisotopic (exact) mass is 274 g/mol. The van der Waals surface area contributed by atoms with Crippen molar-refractivity contribution in [1.29, 1.82) is 0 Å². The molecule has 2 fully saturated rings. The van der Waals surface area contributed by atoms with Crippen LogP contribution in [0.25, 0.3) is 0 Å². The SMILES string of the molecule is CCc1cccc(NC2C(=O)NCC23CCOCC3)c1. The zero-order chi connectivity index (χ0) is 14.0. The van der Waals surface area contributed by atoms with E-state index in [0.717, 1.165) is 44.7 Å². The van der Waals surface area contributed by atoms with Gasteiger partial charge >= 0.3 is 0 Å². The fourth-order valence-corrected chi connectivity index (χ4v) is 3.26. The third-order valence-corrected chi connectivity index (χ3v) is 4.62. The highest BCUT2D eigenvalue weighted by Crippen LogP contribution is 2.38. The van der Waals surface area contributed by atoms with Gasteiger partial charge in [0.2, 0.25) is 5.91 Å². The summed E-state index contributed by atoms with van der Waals surface area (Å²) >= 11 is 0. The molecule has 2 aliphatic heterocycles. The van der Waals surface area contributed by atoms with Gasteiger partial charge in [-0.2, -0.15) is 0 Å². The summed E-state index contributed by atoms with van der Waals surface area (Å²) in [7, 11) is 0. The summed E-state index contributed by atoms with van der Waals surface area (Å²) in [5.74, 6) is 0.119. The Morgan fingerprint density at radius 3 is 2.95 bits per heavy atom. The molecule has 0 saturated carbocycles. The Morgan fingerprint density at radius 2 is 2.20 bits per heavy atom. The van der Waals surface area contributed by atoms with E-state index >= 15 is 0 Å². The van der Waals surface area contributed by atoms with Gasteiger partial charge in [0, 0.05) is 30.9 Å². The van der Waals surface area contributed by atoms with Crippen molar-refractivity contribution in [3.05, 3.63) is 29.8 Å². The van der Waals surface area contributed by atoms with Gasteiger partial charge in [-0.15, -0.1) is 0 Å². The summed E-state index contributed by atoms with van der Waals surface area (Å²) < 4.78 is 5.46. The van der Waals surface area contributed by atoms with Crippen LogP contribution >= 0.6 is 0 Å². The van der Waals surface area contributed by atoms with E-state index < -0.39 is 0 Å². The number of nitrogens with one attached hydrogen (secondary N) is 2. The Bertz CT molecular complexity index is 495. The molecule has 4 heteroatoms. The molecule has 3 rings (SSSR count). The van der Waals surface area contributed by atoms with Crippen molar-refractivity contribution in [2.75, 3.05) is 25.1 Å². The van der Waals surface area contributed by atoms with Crippen molar-refractivity contribution in [2.24, 2.45) is 5.41 Å². The van der Waals surface area contributed by atoms with Crippen molar-refractivity contribution >= 4 is 11.6 Å². The Hall–Kier alpha value is -1.55. The molecule has 1 spiro atoms. The molecule has 20 heavy (non-hydrogen) atoms. The topological polar surface area (TPSA) is 50.4 Å². The lowest BCUT2D eigenvalue weighted by molar-refractivity contribution is -0.121. The quantitative estimate of drug-likeness (QED) is 0.886. The number of aryl methyl sites for hydroxylation is 1. The number of anilines is 1. The zero-order valence-corrected chi connectivity index (χ0v) is 11.9. The predicted octanol–water partition coefficient (Wildman–Crippen LogP) is 1.96. The van der Waals surface area contributed by atoms with E-state index in [4.69, 9.17) is 4.74 Å². The van der Waals surface area contributed by atoms with Crippen molar-refractivity contribution in [2.45, 2.75) is 32.2 Å². The lowest BCUT2D eigenvalue weighted by Gasteiger charge is -2.37. The van der Waals surface area contributed by atoms with Crippen molar-refractivity contribution < 1.29 is 9.53 Å². The second-order valence-corrected chi connectivity index (χ2v) is 5.82. The standard InChI is InChI=1S/C16H22N2O2/c1-2-12-4-3-5-13(10-12)18-14-15(19)17-11-16(14)6-8-20-9-7-16/h3-5,10,14,18H,2,6-9,11H2,1H3,(H,17,19). The summed E-state index contributed by atoms with van der Waals surface area (Å²) in [5.41, 5.74) is 2.34. The smallest absolute Gasteiger partial charge is 0.243 e. The molecule has 1 atom stereocenters. The van der Waals surface area contributed by atoms with E-state index in [0.29, 0.717) is 0 Å². The highest BCUT2D eigenvalue weighted by Gasteiger charge is 2.49. The first-order valence-electron chi connectivity index (χ1n) is 7.44. The Morgan fingerprint density at radius 1 is 1.40 bits per heavy atom. The molecule has 108 valence electrons. The normalized spacial score (nSPS) is 24.6. The highest BCUT2D eigenvalue weighted by atomic mass is 16.5. The van der Waals surface area contributed by atoms with Gasteiger partial charge in [-0.1, -0.05) is 19.1 Å². The van der Waals surface area contributed by atoms with Gasteiger partial charge in [0.1, 0.15) is 6.04 Å². The van der Waals surface area contributed by atoms with Gasteiger partial charge in [0.05, 0.1) is 0 Å². The first-order chi connectivity index (χ1) is 9.73. The molecule has 2 saturated heterocycles. The number of ether oxygens (including phenoxy) is 1. The summed E-state index contributed by atoms with van der Waals surface area (Å²) in [4.78, 5) is 12.2. The number of benzene rings is 1. The molecule has 0 radical (unpaired) electrons. The summed E-state index contributed by atoms with van der Waals surface area (Å²) in [6.45, 7) is 4.41. The van der Waals surface area contributed by atoms with E-state index in [1.807, 2.05) is 12.1 Å². The molecule has 1 amide bonds. The third-order valence-electron chi connectivity index (χ3n) is 4.62. The highest BCUT2D eigenvalue weighted by molar-refractivity contribution is 5.88. The maximum absolute atomic E-state index is 12.2. The fourth-order valence-electron chi connectivity index (χ4n) is 3.26. The van der Waals surface area contributed by atoms with Crippen molar-refractivity contribution in [3.8, 4) is 0 Å². The van der Waals surface area contributed by atoms with Crippen LogP contribution in [-0.2, 0) is 16.0 Å². The van der Waals surface area contributed by atoms with Crippen LogP contribution in [0.1, 0.15) is 25.3 Å². The van der Waals surface area contributed by atoms with Crippen LogP contribution in [0, 0.1) is 5.41 Å². The van der Waals surface area contributed by atoms with Gasteiger partial charge < -0.3 is 15.4 Å². The molecule has 2 aliphatic rings. The van der Waals surface area contributed by atoms with Crippen LogP contribution in [0.4, 0.5) is 5.69 Å². The van der Waals surface area contributed by atoms with E-state index in [2.05, 4.69) is 29.7 Å². The molecule has 1 aromatic carbocycles. The van der Waals surface area contributed by atoms with Gasteiger partial charge in [-0.05, 0) is 37.0 Å². The van der Waals surface area contributed by atoms with Gasteiger partial charge in [0.25, 0.3) is 0 Å². The Balaban J connectivity index is 1.81. The second-order valence-electron chi connectivity index (χ2n) is 5.82. The molecular weight excluding hydrogens is 252 g/mol. The van der Waals surface area contributed by atoms with E-state index in [-0.39, 0.29) is 17.4 Å². The molecule has 1 unspecified atom stereocenters. The molecule has 0 aromatic heterocycles. The maximum Gasteiger partial charge on any atom is 0.243 e. The molecular formula is C16H22N2O2. The summed E-state index contributed by atoms with van der Waals surface area (Å²) in [6.07, 6.45) is 2.89. The number of carbonyl (C=O) groups is 1. The van der Waals surface area contributed by atoms with Gasteiger partial charge in [-0.3, -0.25) is 4.79 Å². The van der Waals surface area contributed by atoms with Crippen molar-refractivity contribution in [3.63, 3.8) is 0 Å². The Labute approximate surface area is 119 Å². The van der Waals surface area contributed by atoms with E-state index in [9.17, 15) is 4.79 Å². The summed E-state index contributed by atoms with van der Waals surface area (Å²) in [6, 6.07) is 8.20. The van der Waals surface area contributed by atoms with Crippen LogP contribution in [0.15, 0.2) is 24.3 Å². The van der Waals surface area contributed by atoms with Crippen LogP contribution < -0.4 is 10.6 Å². The predicted molar refractivity (Wildman–Crippen MR) is 78.7 cm³/mol. The molecule has 4 nitrogen and oxygen atoms in total. The van der Waals surface area contributed by atoms with Crippen LogP contribution in [0.3, 0.4) is 0 Å². The first-order valence-corrected chi connectivity index (χ1v) is 7.44. The van der Waals surface area contributed by atoms with E-state index in [1.165, 1.54) is 5.56 Å². The lowest BCUT2D eigenvalue weighted by atomic mass is 9.76. The zero-order valence-electron chi connectivity index (χ0n) is 11.9. The molecule has 1 aromatic rings. The average Bonchev–Trinajstić information content (AvgIpc) is 2.78. The largest absolute Gasteiger partial charge is 0.381 e. The van der Waals surface area contributed by atoms with Gasteiger partial charge in [-0.25, -0.2) is 0 Å². The second kappa shape index (κ2) is 5.44. The number of rotatable bonds is 3. The summed E-state index contributed by atoms with van der Waals surface area (Å²) in [5, 5.41) is 6.48. The van der Waals surface area contributed by atoms with Gasteiger partial charge in [0.15, 0.2) is 0 Å². The molecule has 0 aliphatic carbocycles. The van der Waals surface area contributed by atoms with Crippen LogP contribution in [0.2, 0.25) is 0 Å². The number of amides is 1. The lowest BCUT2D eigenvalue weighted by Crippen LogP contribution is -2.45. The fraction of sp³-hybridized carbons (Fsp3) is 0.562. The third kappa shape index (κ3) is 2.40. The molecule has 2 N–H and O–H groups in total. The maximum atomic E-state index is 12.2. The number of hydrogen-bond donors (Lipinski definition) is 2. The van der Waals surface area contributed by atoms with Crippen LogP contribution in [-0.4, -0.2) is 31.7 Å². The average molecular weight is 274 g/mol. The molecule has 2 heterocycles. The number of hydrogen-bond acceptors (Lipinski definition) is 3. The first kappa shape index (κ1) is 13.4. The Kier molecular flexibility index (Phi) is 3.66.